The Hall–Kier alpha value is -1.80. The number of aromatic nitrogens is 4. The van der Waals surface area contributed by atoms with Crippen LogP contribution in [0.5, 0.6) is 0 Å². The molecule has 3 heterocycles. The van der Waals surface area contributed by atoms with Crippen molar-refractivity contribution in [2.45, 2.75) is 13.0 Å². The van der Waals surface area contributed by atoms with Gasteiger partial charge in [0, 0.05) is 0 Å². The van der Waals surface area contributed by atoms with Crippen LogP contribution in [-0.4, -0.2) is 44.3 Å². The van der Waals surface area contributed by atoms with Crippen molar-refractivity contribution in [2.75, 3.05) is 13.2 Å². The third kappa shape index (κ3) is 2.24. The van der Waals surface area contributed by atoms with E-state index < -0.39 is 0 Å². The van der Waals surface area contributed by atoms with Crippen molar-refractivity contribution < 1.29 is 9.63 Å². The molecule has 1 fully saturated rings. The van der Waals surface area contributed by atoms with Crippen LogP contribution < -0.4 is 0 Å². The van der Waals surface area contributed by atoms with Crippen LogP contribution in [0.4, 0.5) is 0 Å². The molecule has 0 spiro atoms. The summed E-state index contributed by atoms with van der Waals surface area (Å²) in [5, 5.41) is 15.2. The Bertz CT molecular complexity index is 532. The van der Waals surface area contributed by atoms with E-state index in [0.29, 0.717) is 19.0 Å². The highest BCUT2D eigenvalue weighted by Crippen LogP contribution is 2.19. The zero-order chi connectivity index (χ0) is 12.4. The summed E-state index contributed by atoms with van der Waals surface area (Å²) in [4.78, 5) is 19.2. The molecule has 0 aromatic carbocycles. The molecule has 2 aromatic heterocycles. The van der Waals surface area contributed by atoms with Crippen LogP contribution in [0, 0.1) is 0 Å². The van der Waals surface area contributed by atoms with Gasteiger partial charge in [-0.3, -0.25) is 9.63 Å². The minimum Gasteiger partial charge on any atom is -0.271 e. The molecule has 1 saturated heterocycles. The second kappa shape index (κ2) is 4.83. The molecule has 1 aliphatic rings. The number of carbonyl (C=O) groups is 1. The fraction of sp³-hybridized carbons (Fsp3) is 0.400. The zero-order valence-electron chi connectivity index (χ0n) is 9.52. The number of thiophene rings is 1. The van der Waals surface area contributed by atoms with E-state index in [1.807, 2.05) is 17.5 Å². The molecule has 3 rings (SSSR count). The maximum absolute atomic E-state index is 11.8. The molecular weight excluding hydrogens is 254 g/mol. The first-order valence-electron chi connectivity index (χ1n) is 5.58. The fourth-order valence-corrected chi connectivity index (χ4v) is 2.31. The molecule has 0 atom stereocenters. The van der Waals surface area contributed by atoms with Crippen molar-refractivity contribution in [1.29, 1.82) is 0 Å². The number of nitrogens with zero attached hydrogens (tertiary/aromatic N) is 5. The zero-order valence-corrected chi connectivity index (χ0v) is 10.3. The van der Waals surface area contributed by atoms with Crippen molar-refractivity contribution in [3.8, 4) is 10.7 Å². The Kier molecular flexibility index (Phi) is 3.03. The smallest absolute Gasteiger partial charge is 0.269 e. The summed E-state index contributed by atoms with van der Waals surface area (Å²) in [5.74, 6) is 0.391. The molecule has 7 nitrogen and oxygen atoms in total. The summed E-state index contributed by atoms with van der Waals surface area (Å²) in [6.07, 6.45) is 0.872. The lowest BCUT2D eigenvalue weighted by atomic mass is 10.4. The summed E-state index contributed by atoms with van der Waals surface area (Å²) in [6.45, 7) is 1.28. The van der Waals surface area contributed by atoms with Crippen molar-refractivity contribution in [1.82, 2.24) is 25.3 Å². The molecule has 0 N–H and O–H groups in total. The molecule has 0 unspecified atom stereocenters. The van der Waals surface area contributed by atoms with E-state index in [1.54, 1.807) is 0 Å². The number of hydroxylamine groups is 2. The van der Waals surface area contributed by atoms with E-state index >= 15 is 0 Å². The highest BCUT2D eigenvalue weighted by molar-refractivity contribution is 7.13. The molecule has 0 bridgehead atoms. The Balaban J connectivity index is 1.68. The van der Waals surface area contributed by atoms with Gasteiger partial charge in [-0.05, 0) is 23.1 Å². The van der Waals surface area contributed by atoms with Crippen molar-refractivity contribution in [3.63, 3.8) is 0 Å². The largest absolute Gasteiger partial charge is 0.271 e. The fourth-order valence-electron chi connectivity index (χ4n) is 1.66. The first-order valence-corrected chi connectivity index (χ1v) is 6.46. The predicted molar refractivity (Wildman–Crippen MR) is 63.4 cm³/mol. The quantitative estimate of drug-likeness (QED) is 0.811. The molecule has 0 radical (unpaired) electrons. The highest BCUT2D eigenvalue weighted by Gasteiger charge is 2.20. The van der Waals surface area contributed by atoms with Gasteiger partial charge in [0.25, 0.3) is 5.91 Å². The topological polar surface area (TPSA) is 73.1 Å². The first kappa shape index (κ1) is 11.3. The van der Waals surface area contributed by atoms with Gasteiger partial charge < -0.3 is 0 Å². The Morgan fingerprint density at radius 2 is 2.50 bits per heavy atom. The minimum absolute atomic E-state index is 0.0539. The maximum Gasteiger partial charge on any atom is 0.269 e. The molecule has 2 aromatic rings. The molecule has 1 amide bonds. The Morgan fingerprint density at radius 1 is 1.56 bits per heavy atom. The van der Waals surface area contributed by atoms with Crippen LogP contribution in [0.3, 0.4) is 0 Å². The molecule has 18 heavy (non-hydrogen) atoms. The van der Waals surface area contributed by atoms with Crippen molar-refractivity contribution in [3.05, 3.63) is 17.5 Å². The summed E-state index contributed by atoms with van der Waals surface area (Å²) < 4.78 is 0. The van der Waals surface area contributed by atoms with E-state index in [9.17, 15) is 4.79 Å². The summed E-state index contributed by atoms with van der Waals surface area (Å²) in [6, 6.07) is 3.83. The Morgan fingerprint density at radius 3 is 3.22 bits per heavy atom. The summed E-state index contributed by atoms with van der Waals surface area (Å²) in [5.41, 5.74) is 0. The van der Waals surface area contributed by atoms with Gasteiger partial charge in [-0.25, -0.2) is 5.06 Å². The van der Waals surface area contributed by atoms with Crippen molar-refractivity contribution >= 4 is 17.2 Å². The average molecular weight is 265 g/mol. The third-order valence-electron chi connectivity index (χ3n) is 2.50. The molecule has 8 heteroatoms. The second-order valence-electron chi connectivity index (χ2n) is 3.80. The first-order chi connectivity index (χ1) is 8.83. The van der Waals surface area contributed by atoms with E-state index in [-0.39, 0.29) is 12.5 Å². The van der Waals surface area contributed by atoms with Gasteiger partial charge >= 0.3 is 0 Å². The second-order valence-corrected chi connectivity index (χ2v) is 4.75. The maximum atomic E-state index is 11.8. The summed E-state index contributed by atoms with van der Waals surface area (Å²) >= 11 is 1.54. The van der Waals surface area contributed by atoms with E-state index in [2.05, 4.69) is 15.4 Å². The molecular formula is C10H11N5O2S. The number of amides is 1. The van der Waals surface area contributed by atoms with Crippen LogP contribution in [-0.2, 0) is 16.2 Å². The minimum atomic E-state index is -0.150. The lowest BCUT2D eigenvalue weighted by Gasteiger charge is -2.12. The van der Waals surface area contributed by atoms with Gasteiger partial charge in [-0.15, -0.1) is 21.5 Å². The van der Waals surface area contributed by atoms with Crippen LogP contribution in [0.25, 0.3) is 10.7 Å². The third-order valence-corrected chi connectivity index (χ3v) is 3.37. The number of hydrogen-bond donors (Lipinski definition) is 0. The van der Waals surface area contributed by atoms with Crippen LogP contribution in [0.1, 0.15) is 6.42 Å². The summed E-state index contributed by atoms with van der Waals surface area (Å²) in [7, 11) is 0. The Labute approximate surface area is 107 Å². The molecule has 0 saturated carbocycles. The highest BCUT2D eigenvalue weighted by atomic mass is 32.1. The number of rotatable bonds is 3. The predicted octanol–water partition coefficient (Wildman–Crippen LogP) is 0.566. The van der Waals surface area contributed by atoms with Crippen LogP contribution in [0.15, 0.2) is 17.5 Å². The van der Waals surface area contributed by atoms with Gasteiger partial charge in [0.1, 0.15) is 6.54 Å². The van der Waals surface area contributed by atoms with Gasteiger partial charge in [-0.2, -0.15) is 4.80 Å². The van der Waals surface area contributed by atoms with Gasteiger partial charge in [-0.1, -0.05) is 6.07 Å². The number of tetrazole rings is 1. The molecule has 1 aliphatic heterocycles. The van der Waals surface area contributed by atoms with Crippen LogP contribution in [0.2, 0.25) is 0 Å². The van der Waals surface area contributed by atoms with Gasteiger partial charge in [0.15, 0.2) is 0 Å². The standard InChI is InChI=1S/C10H11N5O2S/c16-9(14-4-2-5-17-14)7-15-12-10(11-13-15)8-3-1-6-18-8/h1,3,6H,2,4-5,7H2. The lowest BCUT2D eigenvalue weighted by Crippen LogP contribution is -2.30. The normalized spacial score (nSPS) is 15.2. The molecule has 0 aliphatic carbocycles. The van der Waals surface area contributed by atoms with E-state index in [4.69, 9.17) is 4.84 Å². The monoisotopic (exact) mass is 265 g/mol. The molecule has 94 valence electrons. The number of hydrogen-bond acceptors (Lipinski definition) is 6. The SMILES string of the molecule is O=C(Cn1nnc(-c2cccs2)n1)N1CCCO1. The number of carbonyl (C=O) groups excluding carboxylic acids is 1. The van der Waals surface area contributed by atoms with Gasteiger partial charge in [0.05, 0.1) is 18.0 Å². The van der Waals surface area contributed by atoms with E-state index in [1.165, 1.54) is 21.2 Å². The lowest BCUT2D eigenvalue weighted by molar-refractivity contribution is -0.169. The average Bonchev–Trinajstić information content (AvgIpc) is 3.12. The van der Waals surface area contributed by atoms with Gasteiger partial charge in [0.2, 0.25) is 5.82 Å². The van der Waals surface area contributed by atoms with Crippen LogP contribution >= 0.6 is 11.3 Å². The van der Waals surface area contributed by atoms with Crippen molar-refractivity contribution in [2.24, 2.45) is 0 Å². The van der Waals surface area contributed by atoms with E-state index in [0.717, 1.165) is 11.3 Å².